The topological polar surface area (TPSA) is 32.3 Å². The summed E-state index contributed by atoms with van der Waals surface area (Å²) in [6, 6.07) is 7.47. The summed E-state index contributed by atoms with van der Waals surface area (Å²) in [5.74, 6) is 0.889. The highest BCUT2D eigenvalue weighted by atomic mass is 35.5. The van der Waals surface area contributed by atoms with Gasteiger partial charge >= 0.3 is 0 Å². The molecule has 0 spiro atoms. The largest absolute Gasteiger partial charge is 0.356 e. The fourth-order valence-electron chi connectivity index (χ4n) is 2.92. The summed E-state index contributed by atoms with van der Waals surface area (Å²) >= 11 is 5.92. The standard InChI is InChI=1S/C17H25ClN2O/c1-14-5-3-9-20(13-14)10-4-8-19-17(21)12-15-6-2-7-16(18)11-15/h2,6-7,11,14H,3-5,8-10,12-13H2,1H3,(H,19,21)/t14-/m1/s1. The van der Waals surface area contributed by atoms with Gasteiger partial charge in [-0.2, -0.15) is 0 Å². The van der Waals surface area contributed by atoms with Gasteiger partial charge in [0.25, 0.3) is 0 Å². The van der Waals surface area contributed by atoms with E-state index in [-0.39, 0.29) is 5.91 Å². The second-order valence-electron chi connectivity index (χ2n) is 6.06. The van der Waals surface area contributed by atoms with Gasteiger partial charge in [0.15, 0.2) is 0 Å². The zero-order valence-electron chi connectivity index (χ0n) is 12.8. The Morgan fingerprint density at radius 1 is 1.48 bits per heavy atom. The molecule has 1 heterocycles. The van der Waals surface area contributed by atoms with Gasteiger partial charge in [0.2, 0.25) is 5.91 Å². The first-order valence-corrected chi connectivity index (χ1v) is 8.25. The lowest BCUT2D eigenvalue weighted by molar-refractivity contribution is -0.120. The van der Waals surface area contributed by atoms with Crippen LogP contribution in [0.5, 0.6) is 0 Å². The molecular weight excluding hydrogens is 284 g/mol. The van der Waals surface area contributed by atoms with Crippen molar-refractivity contribution in [3.8, 4) is 0 Å². The number of carbonyl (C=O) groups is 1. The van der Waals surface area contributed by atoms with E-state index in [9.17, 15) is 4.79 Å². The van der Waals surface area contributed by atoms with Gasteiger partial charge in [-0.1, -0.05) is 30.7 Å². The minimum atomic E-state index is 0.0734. The van der Waals surface area contributed by atoms with Gasteiger partial charge in [0.05, 0.1) is 6.42 Å². The molecule has 1 aliphatic heterocycles. The summed E-state index contributed by atoms with van der Waals surface area (Å²) in [6.45, 7) is 6.57. The number of carbonyl (C=O) groups excluding carboxylic acids is 1. The van der Waals surface area contributed by atoms with Crippen LogP contribution in [0, 0.1) is 5.92 Å². The summed E-state index contributed by atoms with van der Waals surface area (Å²) in [5.41, 5.74) is 0.963. The molecule has 1 saturated heterocycles. The molecule has 2 rings (SSSR count). The molecule has 1 N–H and O–H groups in total. The molecule has 1 fully saturated rings. The summed E-state index contributed by atoms with van der Waals surface area (Å²) in [6.07, 6.45) is 4.09. The molecule has 4 heteroatoms. The maximum Gasteiger partial charge on any atom is 0.224 e. The lowest BCUT2D eigenvalue weighted by atomic mass is 10.0. The molecule has 3 nitrogen and oxygen atoms in total. The molecule has 1 aromatic rings. The maximum atomic E-state index is 11.9. The van der Waals surface area contributed by atoms with E-state index in [1.54, 1.807) is 0 Å². The predicted molar refractivity (Wildman–Crippen MR) is 87.6 cm³/mol. The van der Waals surface area contributed by atoms with Crippen molar-refractivity contribution in [2.45, 2.75) is 32.6 Å². The van der Waals surface area contributed by atoms with E-state index >= 15 is 0 Å². The fraction of sp³-hybridized carbons (Fsp3) is 0.588. The van der Waals surface area contributed by atoms with Gasteiger partial charge < -0.3 is 10.2 Å². The number of halogens is 1. The van der Waals surface area contributed by atoms with E-state index in [1.807, 2.05) is 24.3 Å². The summed E-state index contributed by atoms with van der Waals surface area (Å²) in [5, 5.41) is 3.67. The van der Waals surface area contributed by atoms with Crippen molar-refractivity contribution >= 4 is 17.5 Å². The highest BCUT2D eigenvalue weighted by molar-refractivity contribution is 6.30. The zero-order valence-corrected chi connectivity index (χ0v) is 13.5. The Kier molecular flexibility index (Phi) is 6.52. The average Bonchev–Trinajstić information content (AvgIpc) is 2.44. The van der Waals surface area contributed by atoms with Crippen molar-refractivity contribution < 1.29 is 4.79 Å². The number of amides is 1. The van der Waals surface area contributed by atoms with E-state index in [1.165, 1.54) is 25.9 Å². The monoisotopic (exact) mass is 308 g/mol. The fourth-order valence-corrected chi connectivity index (χ4v) is 3.13. The van der Waals surface area contributed by atoms with Gasteiger partial charge in [-0.3, -0.25) is 4.79 Å². The number of piperidine rings is 1. The van der Waals surface area contributed by atoms with Gasteiger partial charge in [0, 0.05) is 18.1 Å². The normalized spacial score (nSPS) is 19.4. The molecule has 1 amide bonds. The predicted octanol–water partition coefficient (Wildman–Crippen LogP) is 3.12. The third-order valence-corrected chi connectivity index (χ3v) is 4.20. The third kappa shape index (κ3) is 6.06. The molecule has 0 bridgehead atoms. The van der Waals surface area contributed by atoms with Crippen LogP contribution in [0.4, 0.5) is 0 Å². The molecular formula is C17H25ClN2O. The molecule has 0 unspecified atom stereocenters. The van der Waals surface area contributed by atoms with Crippen LogP contribution >= 0.6 is 11.6 Å². The molecule has 21 heavy (non-hydrogen) atoms. The van der Waals surface area contributed by atoms with Crippen LogP contribution in [0.1, 0.15) is 31.7 Å². The number of likely N-dealkylation sites (tertiary alicyclic amines) is 1. The number of benzene rings is 1. The Balaban J connectivity index is 1.61. The van der Waals surface area contributed by atoms with E-state index in [2.05, 4.69) is 17.1 Å². The first-order chi connectivity index (χ1) is 10.1. The summed E-state index contributed by atoms with van der Waals surface area (Å²) < 4.78 is 0. The Hall–Kier alpha value is -1.06. The van der Waals surface area contributed by atoms with Gasteiger partial charge in [-0.15, -0.1) is 0 Å². The second kappa shape index (κ2) is 8.40. The molecule has 0 radical (unpaired) electrons. The minimum absolute atomic E-state index is 0.0734. The summed E-state index contributed by atoms with van der Waals surface area (Å²) in [4.78, 5) is 14.4. The van der Waals surface area contributed by atoms with Crippen LogP contribution in [0.15, 0.2) is 24.3 Å². The van der Waals surface area contributed by atoms with Crippen molar-refractivity contribution in [3.05, 3.63) is 34.9 Å². The van der Waals surface area contributed by atoms with E-state index in [4.69, 9.17) is 11.6 Å². The SMILES string of the molecule is C[C@@H]1CCCN(CCCNC(=O)Cc2cccc(Cl)c2)C1. The molecule has 1 aromatic carbocycles. The molecule has 0 saturated carbocycles. The number of nitrogens with zero attached hydrogens (tertiary/aromatic N) is 1. The Morgan fingerprint density at radius 3 is 3.10 bits per heavy atom. The number of hydrogen-bond acceptors (Lipinski definition) is 2. The minimum Gasteiger partial charge on any atom is -0.356 e. The van der Waals surface area contributed by atoms with E-state index < -0.39 is 0 Å². The van der Waals surface area contributed by atoms with Crippen LogP contribution in [0.3, 0.4) is 0 Å². The smallest absolute Gasteiger partial charge is 0.224 e. The van der Waals surface area contributed by atoms with Crippen molar-refractivity contribution in [2.75, 3.05) is 26.2 Å². The lowest BCUT2D eigenvalue weighted by Gasteiger charge is -2.30. The van der Waals surface area contributed by atoms with Crippen LogP contribution in [-0.4, -0.2) is 37.0 Å². The molecule has 1 aliphatic rings. The Labute approximate surface area is 132 Å². The van der Waals surface area contributed by atoms with Gasteiger partial charge in [-0.05, 0) is 56.0 Å². The Bertz CT molecular complexity index is 464. The van der Waals surface area contributed by atoms with Crippen molar-refractivity contribution in [1.82, 2.24) is 10.2 Å². The average molecular weight is 309 g/mol. The van der Waals surface area contributed by atoms with Crippen molar-refractivity contribution in [2.24, 2.45) is 5.92 Å². The quantitative estimate of drug-likeness (QED) is 0.819. The first-order valence-electron chi connectivity index (χ1n) is 7.87. The van der Waals surface area contributed by atoms with Gasteiger partial charge in [0.1, 0.15) is 0 Å². The van der Waals surface area contributed by atoms with Crippen LogP contribution in [0.25, 0.3) is 0 Å². The number of hydrogen-bond donors (Lipinski definition) is 1. The van der Waals surface area contributed by atoms with E-state index in [0.717, 1.165) is 31.0 Å². The van der Waals surface area contributed by atoms with Crippen LogP contribution in [-0.2, 0) is 11.2 Å². The first kappa shape index (κ1) is 16.3. The van der Waals surface area contributed by atoms with Crippen LogP contribution < -0.4 is 5.32 Å². The van der Waals surface area contributed by atoms with Crippen molar-refractivity contribution in [3.63, 3.8) is 0 Å². The molecule has 0 aliphatic carbocycles. The summed E-state index contributed by atoms with van der Waals surface area (Å²) in [7, 11) is 0. The number of nitrogens with one attached hydrogen (secondary N) is 1. The highest BCUT2D eigenvalue weighted by Crippen LogP contribution is 2.15. The molecule has 1 atom stereocenters. The second-order valence-corrected chi connectivity index (χ2v) is 6.49. The highest BCUT2D eigenvalue weighted by Gasteiger charge is 2.15. The van der Waals surface area contributed by atoms with Gasteiger partial charge in [-0.25, -0.2) is 0 Å². The zero-order chi connectivity index (χ0) is 15.1. The lowest BCUT2D eigenvalue weighted by Crippen LogP contribution is -2.36. The molecule has 116 valence electrons. The maximum absolute atomic E-state index is 11.9. The molecule has 0 aromatic heterocycles. The van der Waals surface area contributed by atoms with Crippen molar-refractivity contribution in [1.29, 1.82) is 0 Å². The number of rotatable bonds is 6. The Morgan fingerprint density at radius 2 is 2.33 bits per heavy atom. The third-order valence-electron chi connectivity index (χ3n) is 3.97. The van der Waals surface area contributed by atoms with E-state index in [0.29, 0.717) is 11.4 Å². The van der Waals surface area contributed by atoms with Crippen LogP contribution in [0.2, 0.25) is 5.02 Å².